The van der Waals surface area contributed by atoms with Crippen molar-refractivity contribution < 1.29 is 9.90 Å². The molecule has 1 heterocycles. The number of thiophene rings is 1. The minimum Gasteiger partial charge on any atom is -0.394 e. The first-order chi connectivity index (χ1) is 8.15. The number of carbonyl (C=O) groups excluding carboxylic acids is 1. The van der Waals surface area contributed by atoms with Gasteiger partial charge in [0.25, 0.3) is 5.91 Å². The molecule has 1 aromatic rings. The summed E-state index contributed by atoms with van der Waals surface area (Å²) in [4.78, 5) is 12.6. The lowest BCUT2D eigenvalue weighted by Gasteiger charge is -2.36. The Labute approximate surface area is 110 Å². The van der Waals surface area contributed by atoms with Crippen molar-refractivity contribution in [2.24, 2.45) is 0 Å². The molecule has 1 aliphatic rings. The molecule has 2 N–H and O–H groups in total. The van der Waals surface area contributed by atoms with Gasteiger partial charge in [0.15, 0.2) is 0 Å². The van der Waals surface area contributed by atoms with E-state index in [1.807, 2.05) is 0 Å². The predicted molar refractivity (Wildman–Crippen MR) is 69.7 cm³/mol. The first kappa shape index (κ1) is 12.9. The summed E-state index contributed by atoms with van der Waals surface area (Å²) >= 11 is 7.07. The molecule has 5 heteroatoms. The molecular formula is C12H16ClNO2S. The molecule has 0 saturated heterocycles. The molecule has 0 atom stereocenters. The van der Waals surface area contributed by atoms with Crippen molar-refractivity contribution in [3.05, 3.63) is 21.3 Å². The third-order valence-electron chi connectivity index (χ3n) is 3.29. The van der Waals surface area contributed by atoms with Crippen molar-refractivity contribution >= 4 is 28.8 Å². The maximum Gasteiger partial charge on any atom is 0.261 e. The van der Waals surface area contributed by atoms with Gasteiger partial charge in [-0.25, -0.2) is 0 Å². The summed E-state index contributed by atoms with van der Waals surface area (Å²) in [5.41, 5.74) is -0.425. The van der Waals surface area contributed by atoms with Gasteiger partial charge in [-0.1, -0.05) is 30.9 Å². The Balaban J connectivity index is 2.05. The fourth-order valence-electron chi connectivity index (χ4n) is 2.29. The van der Waals surface area contributed by atoms with E-state index in [1.165, 1.54) is 17.8 Å². The highest BCUT2D eigenvalue weighted by atomic mass is 35.5. The third kappa shape index (κ3) is 3.00. The summed E-state index contributed by atoms with van der Waals surface area (Å²) in [5.74, 6) is -0.127. The Morgan fingerprint density at radius 3 is 2.65 bits per heavy atom. The fourth-order valence-corrected chi connectivity index (χ4v) is 3.23. The van der Waals surface area contributed by atoms with Gasteiger partial charge in [-0.15, -0.1) is 11.3 Å². The van der Waals surface area contributed by atoms with Crippen LogP contribution >= 0.6 is 22.9 Å². The van der Waals surface area contributed by atoms with Crippen molar-refractivity contribution in [1.82, 2.24) is 5.32 Å². The third-order valence-corrected chi connectivity index (χ3v) is 4.52. The Kier molecular flexibility index (Phi) is 4.07. The van der Waals surface area contributed by atoms with Crippen molar-refractivity contribution in [2.75, 3.05) is 6.61 Å². The van der Waals surface area contributed by atoms with Crippen LogP contribution in [-0.4, -0.2) is 23.2 Å². The molecule has 0 spiro atoms. The van der Waals surface area contributed by atoms with E-state index in [2.05, 4.69) is 5.32 Å². The maximum atomic E-state index is 12.0. The van der Waals surface area contributed by atoms with Gasteiger partial charge in [0.1, 0.15) is 0 Å². The lowest BCUT2D eigenvalue weighted by atomic mass is 9.82. The standard InChI is InChI=1S/C12H16ClNO2S/c13-10-5-4-9(17-10)11(16)14-12(8-15)6-2-1-3-7-12/h4-5,15H,1-3,6-8H2,(H,14,16). The minimum absolute atomic E-state index is 0.0118. The number of halogens is 1. The van der Waals surface area contributed by atoms with Crippen molar-refractivity contribution in [2.45, 2.75) is 37.6 Å². The number of carbonyl (C=O) groups is 1. The van der Waals surface area contributed by atoms with Crippen LogP contribution in [0.3, 0.4) is 0 Å². The molecule has 0 unspecified atom stereocenters. The van der Waals surface area contributed by atoms with Gasteiger partial charge in [0, 0.05) is 0 Å². The lowest BCUT2D eigenvalue weighted by molar-refractivity contribution is 0.0762. The summed E-state index contributed by atoms with van der Waals surface area (Å²) < 4.78 is 0.608. The van der Waals surface area contributed by atoms with Crippen molar-refractivity contribution in [3.63, 3.8) is 0 Å². The highest BCUT2D eigenvalue weighted by molar-refractivity contribution is 7.18. The average Bonchev–Trinajstić information content (AvgIpc) is 2.77. The first-order valence-corrected chi connectivity index (χ1v) is 7.03. The average molecular weight is 274 g/mol. The number of nitrogens with one attached hydrogen (secondary N) is 1. The van der Waals surface area contributed by atoms with E-state index in [1.54, 1.807) is 12.1 Å². The van der Waals surface area contributed by atoms with Crippen LogP contribution in [0.2, 0.25) is 4.34 Å². The van der Waals surface area contributed by atoms with E-state index >= 15 is 0 Å². The number of hydrogen-bond donors (Lipinski definition) is 2. The molecule has 3 nitrogen and oxygen atoms in total. The van der Waals surface area contributed by atoms with E-state index in [0.717, 1.165) is 25.7 Å². The van der Waals surface area contributed by atoms with Crippen LogP contribution in [0.15, 0.2) is 12.1 Å². The Morgan fingerprint density at radius 1 is 1.41 bits per heavy atom. The molecule has 1 saturated carbocycles. The van der Waals surface area contributed by atoms with Crippen LogP contribution in [0.1, 0.15) is 41.8 Å². The topological polar surface area (TPSA) is 49.3 Å². The van der Waals surface area contributed by atoms with Gasteiger partial charge in [0.05, 0.1) is 21.4 Å². The Bertz CT molecular complexity index is 399. The van der Waals surface area contributed by atoms with E-state index < -0.39 is 5.54 Å². The fraction of sp³-hybridized carbons (Fsp3) is 0.583. The number of aliphatic hydroxyl groups excluding tert-OH is 1. The summed E-state index contributed by atoms with van der Waals surface area (Å²) in [6, 6.07) is 3.43. The normalized spacial score (nSPS) is 18.9. The zero-order chi connectivity index (χ0) is 12.3. The van der Waals surface area contributed by atoms with E-state index in [0.29, 0.717) is 9.21 Å². The Hall–Kier alpha value is -0.580. The van der Waals surface area contributed by atoms with Crippen LogP contribution in [0.5, 0.6) is 0 Å². The highest BCUT2D eigenvalue weighted by Gasteiger charge is 2.33. The summed E-state index contributed by atoms with van der Waals surface area (Å²) in [6.07, 6.45) is 5.02. The van der Waals surface area contributed by atoms with E-state index in [-0.39, 0.29) is 12.5 Å². The number of amides is 1. The lowest BCUT2D eigenvalue weighted by Crippen LogP contribution is -2.52. The SMILES string of the molecule is O=C(NC1(CO)CCCCC1)c1ccc(Cl)s1. The molecule has 0 aromatic carbocycles. The molecule has 0 bridgehead atoms. The van der Waals surface area contributed by atoms with Gasteiger partial charge < -0.3 is 10.4 Å². The van der Waals surface area contributed by atoms with Gasteiger partial charge in [-0.3, -0.25) is 4.79 Å². The number of rotatable bonds is 3. The van der Waals surface area contributed by atoms with Crippen LogP contribution < -0.4 is 5.32 Å². The summed E-state index contributed by atoms with van der Waals surface area (Å²) in [5, 5.41) is 12.5. The van der Waals surface area contributed by atoms with E-state index in [9.17, 15) is 9.90 Å². The second-order valence-electron chi connectivity index (χ2n) is 4.56. The zero-order valence-corrected chi connectivity index (χ0v) is 11.1. The molecule has 1 aromatic heterocycles. The maximum absolute atomic E-state index is 12.0. The van der Waals surface area contributed by atoms with Crippen molar-refractivity contribution in [3.8, 4) is 0 Å². The predicted octanol–water partition coefficient (Wildman–Crippen LogP) is 2.83. The van der Waals surface area contributed by atoms with Gasteiger partial charge in [-0.05, 0) is 25.0 Å². The minimum atomic E-state index is -0.425. The summed E-state index contributed by atoms with van der Waals surface area (Å²) in [7, 11) is 0. The second-order valence-corrected chi connectivity index (χ2v) is 6.27. The molecule has 1 fully saturated rings. The highest BCUT2D eigenvalue weighted by Crippen LogP contribution is 2.29. The molecule has 17 heavy (non-hydrogen) atoms. The molecular weight excluding hydrogens is 258 g/mol. The largest absolute Gasteiger partial charge is 0.394 e. The first-order valence-electron chi connectivity index (χ1n) is 5.84. The quantitative estimate of drug-likeness (QED) is 0.890. The van der Waals surface area contributed by atoms with Crippen LogP contribution in [-0.2, 0) is 0 Å². The van der Waals surface area contributed by atoms with Gasteiger partial charge in [0.2, 0.25) is 0 Å². The number of hydrogen-bond acceptors (Lipinski definition) is 3. The smallest absolute Gasteiger partial charge is 0.261 e. The molecule has 0 radical (unpaired) electrons. The van der Waals surface area contributed by atoms with Crippen LogP contribution in [0.25, 0.3) is 0 Å². The number of aliphatic hydroxyl groups is 1. The molecule has 0 aliphatic heterocycles. The molecule has 1 amide bonds. The summed E-state index contributed by atoms with van der Waals surface area (Å²) in [6.45, 7) is 0.0118. The molecule has 94 valence electrons. The molecule has 2 rings (SSSR count). The van der Waals surface area contributed by atoms with Gasteiger partial charge >= 0.3 is 0 Å². The van der Waals surface area contributed by atoms with Crippen molar-refractivity contribution in [1.29, 1.82) is 0 Å². The Morgan fingerprint density at radius 2 is 2.12 bits per heavy atom. The van der Waals surface area contributed by atoms with Crippen LogP contribution in [0, 0.1) is 0 Å². The zero-order valence-electron chi connectivity index (χ0n) is 9.54. The second kappa shape index (κ2) is 5.38. The van der Waals surface area contributed by atoms with Crippen LogP contribution in [0.4, 0.5) is 0 Å². The monoisotopic (exact) mass is 273 g/mol. The van der Waals surface area contributed by atoms with E-state index in [4.69, 9.17) is 11.6 Å². The molecule has 1 aliphatic carbocycles. The van der Waals surface area contributed by atoms with Gasteiger partial charge in [-0.2, -0.15) is 0 Å².